The third-order valence-corrected chi connectivity index (χ3v) is 3.98. The summed E-state index contributed by atoms with van der Waals surface area (Å²) >= 11 is 0. The lowest BCUT2D eigenvalue weighted by Crippen LogP contribution is -2.52. The topological polar surface area (TPSA) is 134 Å². The summed E-state index contributed by atoms with van der Waals surface area (Å²) in [7, 11) is 0. The van der Waals surface area contributed by atoms with Gasteiger partial charge in [-0.05, 0) is 18.9 Å². The highest BCUT2D eigenvalue weighted by atomic mass is 35.5. The van der Waals surface area contributed by atoms with E-state index in [-0.39, 0.29) is 47.3 Å². The molecule has 0 fully saturated rings. The zero-order valence-electron chi connectivity index (χ0n) is 13.3. The zero-order valence-corrected chi connectivity index (χ0v) is 15.0. The second-order valence-corrected chi connectivity index (χ2v) is 5.17. The van der Waals surface area contributed by atoms with Crippen LogP contribution in [0.2, 0.25) is 0 Å². The standard InChI is InChI=1S/C14H19N5O3.2ClH/c1-3-14(4-2,7-15)19-11(20)8-5-9-10(16-6-8)17-13(22)18-12(9)21;;/h5-6H,3-4,7,15H2,1-2H3,(H,19,20)(H2,16,17,18,21,22);2*1H. The van der Waals surface area contributed by atoms with Crippen LogP contribution in [0.5, 0.6) is 0 Å². The number of aromatic amines is 2. The molecule has 0 aliphatic carbocycles. The van der Waals surface area contributed by atoms with Gasteiger partial charge in [0.15, 0.2) is 0 Å². The highest BCUT2D eigenvalue weighted by Crippen LogP contribution is 2.15. The van der Waals surface area contributed by atoms with Crippen LogP contribution >= 0.6 is 24.8 Å². The minimum absolute atomic E-state index is 0. The molecular weight excluding hydrogens is 357 g/mol. The van der Waals surface area contributed by atoms with Crippen molar-refractivity contribution in [1.82, 2.24) is 20.3 Å². The Labute approximate surface area is 150 Å². The first-order chi connectivity index (χ1) is 10.4. The molecule has 2 rings (SSSR count). The maximum Gasteiger partial charge on any atom is 0.327 e. The van der Waals surface area contributed by atoms with Crippen LogP contribution in [0.25, 0.3) is 11.0 Å². The average molecular weight is 378 g/mol. The van der Waals surface area contributed by atoms with Crippen LogP contribution in [-0.2, 0) is 0 Å². The second kappa shape index (κ2) is 8.81. The molecule has 0 bridgehead atoms. The highest BCUT2D eigenvalue weighted by molar-refractivity contribution is 5.97. The van der Waals surface area contributed by atoms with Gasteiger partial charge in [-0.1, -0.05) is 13.8 Å². The molecule has 0 aliphatic heterocycles. The van der Waals surface area contributed by atoms with Gasteiger partial charge in [0.25, 0.3) is 11.5 Å². The Bertz CT molecular complexity index is 806. The Hall–Kier alpha value is -1.90. The van der Waals surface area contributed by atoms with E-state index >= 15 is 0 Å². The maximum absolute atomic E-state index is 12.4. The number of halogens is 2. The van der Waals surface area contributed by atoms with Crippen LogP contribution < -0.4 is 22.3 Å². The molecule has 2 heterocycles. The first-order valence-corrected chi connectivity index (χ1v) is 7.09. The quantitative estimate of drug-likeness (QED) is 0.608. The number of hydrogen-bond donors (Lipinski definition) is 4. The predicted octanol–water partition coefficient (Wildman–Crippen LogP) is 0.702. The van der Waals surface area contributed by atoms with Gasteiger partial charge in [0.2, 0.25) is 0 Å². The average Bonchev–Trinajstić information content (AvgIpc) is 2.52. The Morgan fingerprint density at radius 2 is 1.88 bits per heavy atom. The summed E-state index contributed by atoms with van der Waals surface area (Å²) in [5.41, 5.74) is 4.44. The summed E-state index contributed by atoms with van der Waals surface area (Å²) in [4.78, 5) is 43.8. The molecule has 8 nitrogen and oxygen atoms in total. The number of nitrogens with zero attached hydrogens (tertiary/aromatic N) is 1. The molecule has 1 amide bonds. The van der Waals surface area contributed by atoms with E-state index in [1.54, 1.807) is 0 Å². The molecule has 10 heteroatoms. The molecule has 0 saturated carbocycles. The number of pyridine rings is 1. The number of fused-ring (bicyclic) bond motifs is 1. The van der Waals surface area contributed by atoms with Gasteiger partial charge in [-0.25, -0.2) is 9.78 Å². The summed E-state index contributed by atoms with van der Waals surface area (Å²) in [6, 6.07) is 1.40. The van der Waals surface area contributed by atoms with E-state index in [4.69, 9.17) is 5.73 Å². The van der Waals surface area contributed by atoms with Gasteiger partial charge in [0, 0.05) is 12.7 Å². The van der Waals surface area contributed by atoms with Crippen LogP contribution in [0, 0.1) is 0 Å². The van der Waals surface area contributed by atoms with E-state index in [1.165, 1.54) is 12.3 Å². The van der Waals surface area contributed by atoms with Gasteiger partial charge >= 0.3 is 5.69 Å². The molecule has 134 valence electrons. The van der Waals surface area contributed by atoms with E-state index in [1.807, 2.05) is 13.8 Å². The molecule has 0 unspecified atom stereocenters. The van der Waals surface area contributed by atoms with Gasteiger partial charge in [0.05, 0.1) is 16.5 Å². The largest absolute Gasteiger partial charge is 0.345 e. The van der Waals surface area contributed by atoms with E-state index in [0.717, 1.165) is 0 Å². The Morgan fingerprint density at radius 1 is 1.25 bits per heavy atom. The van der Waals surface area contributed by atoms with Gasteiger partial charge in [-0.2, -0.15) is 0 Å². The molecular formula is C14H21Cl2N5O3. The van der Waals surface area contributed by atoms with E-state index in [0.29, 0.717) is 19.4 Å². The van der Waals surface area contributed by atoms with Crippen molar-refractivity contribution < 1.29 is 4.79 Å². The molecule has 0 atom stereocenters. The van der Waals surface area contributed by atoms with Gasteiger partial charge in [0.1, 0.15) is 5.65 Å². The Morgan fingerprint density at radius 3 is 2.42 bits per heavy atom. The number of nitrogens with one attached hydrogen (secondary N) is 3. The minimum atomic E-state index is -0.638. The fourth-order valence-corrected chi connectivity index (χ4v) is 2.25. The lowest BCUT2D eigenvalue weighted by Gasteiger charge is -2.31. The lowest BCUT2D eigenvalue weighted by molar-refractivity contribution is 0.0895. The molecule has 0 radical (unpaired) electrons. The maximum atomic E-state index is 12.4. The van der Waals surface area contributed by atoms with Crippen molar-refractivity contribution in [3.63, 3.8) is 0 Å². The molecule has 0 saturated heterocycles. The van der Waals surface area contributed by atoms with Crippen LogP contribution in [0.15, 0.2) is 21.9 Å². The molecule has 0 spiro atoms. The molecule has 0 aromatic carbocycles. The third-order valence-electron chi connectivity index (χ3n) is 3.98. The number of nitrogens with two attached hydrogens (primary N) is 1. The Kier molecular flexibility index (Phi) is 8.12. The van der Waals surface area contributed by atoms with Crippen molar-refractivity contribution in [2.24, 2.45) is 5.73 Å². The fraction of sp³-hybridized carbons (Fsp3) is 0.429. The molecule has 5 N–H and O–H groups in total. The number of H-pyrrole nitrogens is 2. The number of carbonyl (C=O) groups excluding carboxylic acids is 1. The number of aromatic nitrogens is 3. The van der Waals surface area contributed by atoms with Gasteiger partial charge in [-0.15, -0.1) is 24.8 Å². The summed E-state index contributed by atoms with van der Waals surface area (Å²) in [6.07, 6.45) is 2.71. The Balaban J connectivity index is 0.00000264. The van der Waals surface area contributed by atoms with Crippen LogP contribution in [0.3, 0.4) is 0 Å². The first kappa shape index (κ1) is 22.1. The predicted molar refractivity (Wildman–Crippen MR) is 97.3 cm³/mol. The van der Waals surface area contributed by atoms with Crippen LogP contribution in [0.4, 0.5) is 0 Å². The van der Waals surface area contributed by atoms with Crippen LogP contribution in [-0.4, -0.2) is 32.9 Å². The van der Waals surface area contributed by atoms with Crippen LogP contribution in [0.1, 0.15) is 37.0 Å². The molecule has 2 aromatic rings. The van der Waals surface area contributed by atoms with Crippen molar-refractivity contribution in [3.8, 4) is 0 Å². The molecule has 2 aromatic heterocycles. The second-order valence-electron chi connectivity index (χ2n) is 5.17. The third kappa shape index (κ3) is 4.34. The lowest BCUT2D eigenvalue weighted by atomic mass is 9.92. The minimum Gasteiger partial charge on any atom is -0.345 e. The summed E-state index contributed by atoms with van der Waals surface area (Å²) in [6.45, 7) is 4.22. The van der Waals surface area contributed by atoms with Crippen molar-refractivity contribution in [2.45, 2.75) is 32.2 Å². The summed E-state index contributed by atoms with van der Waals surface area (Å²) < 4.78 is 0. The van der Waals surface area contributed by atoms with Crippen molar-refractivity contribution in [1.29, 1.82) is 0 Å². The number of hydrogen-bond acceptors (Lipinski definition) is 5. The van der Waals surface area contributed by atoms with Gasteiger partial charge < -0.3 is 11.1 Å². The van der Waals surface area contributed by atoms with Crippen molar-refractivity contribution >= 4 is 41.8 Å². The number of carbonyl (C=O) groups is 1. The molecule has 24 heavy (non-hydrogen) atoms. The normalized spacial score (nSPS) is 10.6. The smallest absolute Gasteiger partial charge is 0.327 e. The van der Waals surface area contributed by atoms with E-state index in [9.17, 15) is 14.4 Å². The highest BCUT2D eigenvalue weighted by Gasteiger charge is 2.27. The van der Waals surface area contributed by atoms with E-state index < -0.39 is 16.8 Å². The molecule has 0 aliphatic rings. The summed E-state index contributed by atoms with van der Waals surface area (Å²) in [5, 5.41) is 3.05. The van der Waals surface area contributed by atoms with E-state index in [2.05, 4.69) is 20.3 Å². The van der Waals surface area contributed by atoms with Gasteiger partial charge in [-0.3, -0.25) is 19.6 Å². The zero-order chi connectivity index (χ0) is 16.3. The summed E-state index contributed by atoms with van der Waals surface area (Å²) in [5.74, 6) is -0.353. The number of rotatable bonds is 5. The monoisotopic (exact) mass is 377 g/mol. The number of amides is 1. The van der Waals surface area contributed by atoms with Crippen molar-refractivity contribution in [3.05, 3.63) is 38.7 Å². The SMILES string of the molecule is CCC(CC)(CN)NC(=O)c1cnc2[nH]c(=O)[nH]c(=O)c2c1.Cl.Cl. The fourth-order valence-electron chi connectivity index (χ4n) is 2.25. The first-order valence-electron chi connectivity index (χ1n) is 7.09. The van der Waals surface area contributed by atoms with Crippen molar-refractivity contribution in [2.75, 3.05) is 6.54 Å².